The maximum absolute atomic E-state index is 12.8. The highest BCUT2D eigenvalue weighted by molar-refractivity contribution is 5.77. The van der Waals surface area contributed by atoms with Gasteiger partial charge in [0.2, 0.25) is 0 Å². The summed E-state index contributed by atoms with van der Waals surface area (Å²) in [5, 5.41) is 12.5. The highest BCUT2D eigenvalue weighted by Gasteiger charge is 2.33. The van der Waals surface area contributed by atoms with Crippen molar-refractivity contribution < 1.29 is 14.7 Å². The number of amides is 2. The lowest BCUT2D eigenvalue weighted by Gasteiger charge is -2.35. The van der Waals surface area contributed by atoms with E-state index in [9.17, 15) is 14.7 Å². The molecule has 1 saturated heterocycles. The van der Waals surface area contributed by atoms with Crippen LogP contribution >= 0.6 is 0 Å². The molecule has 1 aromatic rings. The summed E-state index contributed by atoms with van der Waals surface area (Å²) in [7, 11) is 2.08. The molecule has 25 heavy (non-hydrogen) atoms. The third-order valence-electron chi connectivity index (χ3n) is 5.30. The van der Waals surface area contributed by atoms with Crippen molar-refractivity contribution in [3.8, 4) is 0 Å². The largest absolute Gasteiger partial charge is 0.481 e. The van der Waals surface area contributed by atoms with Crippen LogP contribution in [0.25, 0.3) is 0 Å². The Morgan fingerprint density at radius 2 is 2.00 bits per heavy atom. The Morgan fingerprint density at radius 1 is 1.24 bits per heavy atom. The maximum atomic E-state index is 12.8. The minimum absolute atomic E-state index is 0.0332. The van der Waals surface area contributed by atoms with Gasteiger partial charge in [-0.1, -0.05) is 25.1 Å². The fourth-order valence-electron chi connectivity index (χ4n) is 4.02. The topological polar surface area (TPSA) is 72.9 Å². The number of likely N-dealkylation sites (tertiary alicyclic amines) is 1. The van der Waals surface area contributed by atoms with E-state index in [4.69, 9.17) is 0 Å². The number of nitrogens with zero attached hydrogens (tertiary/aromatic N) is 2. The van der Waals surface area contributed by atoms with Gasteiger partial charge in [0.1, 0.15) is 0 Å². The molecule has 6 nitrogen and oxygen atoms in total. The average Bonchev–Trinajstić information content (AvgIpc) is 2.74. The number of fused-ring (bicyclic) bond motifs is 1. The van der Waals surface area contributed by atoms with Crippen LogP contribution in [-0.2, 0) is 4.79 Å². The Hall–Kier alpha value is -2.24. The highest BCUT2D eigenvalue weighted by atomic mass is 16.4. The van der Waals surface area contributed by atoms with Gasteiger partial charge in [-0.05, 0) is 36.8 Å². The van der Waals surface area contributed by atoms with Crippen LogP contribution < -0.4 is 10.2 Å². The third-order valence-corrected chi connectivity index (χ3v) is 5.30. The second-order valence-corrected chi connectivity index (χ2v) is 7.41. The lowest BCUT2D eigenvalue weighted by molar-refractivity contribution is -0.143. The number of para-hydroxylation sites is 1. The molecule has 6 heteroatoms. The number of rotatable bonds is 2. The molecule has 0 aliphatic carbocycles. The van der Waals surface area contributed by atoms with E-state index < -0.39 is 11.9 Å². The highest BCUT2D eigenvalue weighted by Crippen LogP contribution is 2.32. The van der Waals surface area contributed by atoms with Crippen LogP contribution in [0.2, 0.25) is 0 Å². The Kier molecular flexibility index (Phi) is 5.16. The first kappa shape index (κ1) is 17.6. The Bertz CT molecular complexity index is 649. The van der Waals surface area contributed by atoms with Gasteiger partial charge >= 0.3 is 12.0 Å². The first-order valence-corrected chi connectivity index (χ1v) is 9.04. The van der Waals surface area contributed by atoms with Crippen LogP contribution in [0.15, 0.2) is 24.3 Å². The number of benzene rings is 1. The maximum Gasteiger partial charge on any atom is 0.317 e. The van der Waals surface area contributed by atoms with Crippen molar-refractivity contribution >= 4 is 17.7 Å². The van der Waals surface area contributed by atoms with Crippen molar-refractivity contribution in [2.75, 3.05) is 31.6 Å². The van der Waals surface area contributed by atoms with Crippen LogP contribution in [0, 0.1) is 11.8 Å². The molecule has 3 atom stereocenters. The monoisotopic (exact) mass is 345 g/mol. The number of piperidine rings is 1. The van der Waals surface area contributed by atoms with Crippen molar-refractivity contribution in [2.45, 2.75) is 32.2 Å². The normalized spacial score (nSPS) is 26.6. The SMILES string of the molecule is CC1CC(C(=O)O)CN(C(=O)NC2CCCN(C)c3ccccc32)C1. The zero-order valence-corrected chi connectivity index (χ0v) is 14.9. The number of carbonyl (C=O) groups is 2. The molecule has 1 fully saturated rings. The number of aliphatic carboxylic acids is 1. The van der Waals surface area contributed by atoms with Gasteiger partial charge in [-0.2, -0.15) is 0 Å². The molecule has 2 amide bonds. The molecular formula is C19H27N3O3. The van der Waals surface area contributed by atoms with Crippen molar-refractivity contribution in [3.05, 3.63) is 29.8 Å². The van der Waals surface area contributed by atoms with Crippen molar-refractivity contribution in [1.29, 1.82) is 0 Å². The molecule has 0 radical (unpaired) electrons. The Balaban J connectivity index is 1.74. The summed E-state index contributed by atoms with van der Waals surface area (Å²) in [5.41, 5.74) is 2.29. The number of hydrogen-bond acceptors (Lipinski definition) is 3. The van der Waals surface area contributed by atoms with E-state index in [0.29, 0.717) is 19.5 Å². The summed E-state index contributed by atoms with van der Waals surface area (Å²) in [5.74, 6) is -1.08. The summed E-state index contributed by atoms with van der Waals surface area (Å²) < 4.78 is 0. The average molecular weight is 345 g/mol. The molecule has 136 valence electrons. The van der Waals surface area contributed by atoms with Crippen LogP contribution in [0.1, 0.15) is 37.8 Å². The first-order valence-electron chi connectivity index (χ1n) is 9.04. The van der Waals surface area contributed by atoms with Crippen LogP contribution in [0.4, 0.5) is 10.5 Å². The van der Waals surface area contributed by atoms with E-state index in [2.05, 4.69) is 29.4 Å². The van der Waals surface area contributed by atoms with Gasteiger partial charge in [-0.3, -0.25) is 4.79 Å². The van der Waals surface area contributed by atoms with Gasteiger partial charge in [-0.15, -0.1) is 0 Å². The first-order chi connectivity index (χ1) is 12.0. The van der Waals surface area contributed by atoms with E-state index >= 15 is 0 Å². The summed E-state index contributed by atoms with van der Waals surface area (Å²) in [6.07, 6.45) is 2.53. The standard InChI is InChI=1S/C19H27N3O3/c1-13-10-14(18(23)24)12-22(11-13)19(25)20-16-7-5-9-21(2)17-8-4-3-6-15(16)17/h3-4,6,8,13-14,16H,5,7,9-12H2,1-2H3,(H,20,25)(H,23,24). The lowest BCUT2D eigenvalue weighted by Crippen LogP contribution is -2.50. The molecule has 0 bridgehead atoms. The summed E-state index contributed by atoms with van der Waals surface area (Å²) >= 11 is 0. The zero-order chi connectivity index (χ0) is 18.0. The van der Waals surface area contributed by atoms with E-state index in [1.54, 1.807) is 4.90 Å². The number of nitrogens with one attached hydrogen (secondary N) is 1. The van der Waals surface area contributed by atoms with Gasteiger partial charge in [0, 0.05) is 32.4 Å². The zero-order valence-electron chi connectivity index (χ0n) is 14.9. The second-order valence-electron chi connectivity index (χ2n) is 7.41. The van der Waals surface area contributed by atoms with E-state index in [0.717, 1.165) is 30.6 Å². The quantitative estimate of drug-likeness (QED) is 0.864. The summed E-state index contributed by atoms with van der Waals surface area (Å²) in [4.78, 5) is 28.0. The van der Waals surface area contributed by atoms with E-state index in [1.807, 2.05) is 19.1 Å². The number of carbonyl (C=O) groups excluding carboxylic acids is 1. The van der Waals surface area contributed by atoms with Crippen LogP contribution in [0.3, 0.4) is 0 Å². The molecule has 0 saturated carbocycles. The smallest absolute Gasteiger partial charge is 0.317 e. The second kappa shape index (κ2) is 7.33. The Labute approximate surface area is 148 Å². The fraction of sp³-hybridized carbons (Fsp3) is 0.579. The molecule has 2 heterocycles. The van der Waals surface area contributed by atoms with Gasteiger partial charge in [0.25, 0.3) is 0 Å². The van der Waals surface area contributed by atoms with E-state index in [1.165, 1.54) is 0 Å². The molecular weight excluding hydrogens is 318 g/mol. The van der Waals surface area contributed by atoms with Gasteiger partial charge in [0.05, 0.1) is 12.0 Å². The number of carboxylic acids is 1. The molecule has 3 rings (SSSR count). The fourth-order valence-corrected chi connectivity index (χ4v) is 4.02. The molecule has 3 unspecified atom stereocenters. The molecule has 2 N–H and O–H groups in total. The van der Waals surface area contributed by atoms with Crippen molar-refractivity contribution in [3.63, 3.8) is 0 Å². The van der Waals surface area contributed by atoms with Gasteiger partial charge in [-0.25, -0.2) is 4.79 Å². The van der Waals surface area contributed by atoms with Crippen LogP contribution in [-0.4, -0.2) is 48.7 Å². The number of anilines is 1. The number of urea groups is 1. The molecule has 2 aliphatic rings. The third kappa shape index (κ3) is 3.89. The lowest BCUT2D eigenvalue weighted by atomic mass is 9.90. The Morgan fingerprint density at radius 3 is 2.76 bits per heavy atom. The molecule has 0 aromatic heterocycles. The minimum Gasteiger partial charge on any atom is -0.481 e. The molecule has 2 aliphatic heterocycles. The van der Waals surface area contributed by atoms with Gasteiger partial charge < -0.3 is 20.2 Å². The predicted molar refractivity (Wildman–Crippen MR) is 96.7 cm³/mol. The summed E-state index contributed by atoms with van der Waals surface area (Å²) in [6.45, 7) is 3.88. The molecule has 1 aromatic carbocycles. The molecule has 0 spiro atoms. The van der Waals surface area contributed by atoms with Crippen molar-refractivity contribution in [2.24, 2.45) is 11.8 Å². The van der Waals surface area contributed by atoms with E-state index in [-0.39, 0.29) is 18.0 Å². The number of hydrogen-bond donors (Lipinski definition) is 2. The minimum atomic E-state index is -0.814. The summed E-state index contributed by atoms with van der Waals surface area (Å²) in [6, 6.07) is 7.99. The van der Waals surface area contributed by atoms with Gasteiger partial charge in [0.15, 0.2) is 0 Å². The van der Waals surface area contributed by atoms with Crippen molar-refractivity contribution in [1.82, 2.24) is 10.2 Å². The number of carboxylic acid groups (broad SMARTS) is 1. The van der Waals surface area contributed by atoms with Crippen LogP contribution in [0.5, 0.6) is 0 Å². The predicted octanol–water partition coefficient (Wildman–Crippen LogP) is 2.71.